The van der Waals surface area contributed by atoms with Crippen LogP contribution in [0.5, 0.6) is 0 Å². The van der Waals surface area contributed by atoms with Gasteiger partial charge >= 0.3 is 12.1 Å². The molecule has 0 aromatic rings. The van der Waals surface area contributed by atoms with Gasteiger partial charge in [0.05, 0.1) is 17.6 Å². The molecule has 2 atom stereocenters. The molecule has 0 radical (unpaired) electrons. The number of carbonyl (C=O) groups is 2. The molecule has 1 N–H and O–H groups in total. The molecule has 1 aliphatic rings. The molecule has 0 aromatic heterocycles. The molecule has 0 saturated carbocycles. The maximum atomic E-state index is 11.6. The largest absolute Gasteiger partial charge is 0.569 e. The number of carboxylic acid groups (broad SMARTS) is 1. The van der Waals surface area contributed by atoms with Crippen molar-refractivity contribution in [2.45, 2.75) is 52.0 Å². The van der Waals surface area contributed by atoms with Gasteiger partial charge in [0.25, 0.3) is 6.29 Å². The van der Waals surface area contributed by atoms with Crippen LogP contribution in [0.15, 0.2) is 5.28 Å². The van der Waals surface area contributed by atoms with E-state index in [1.54, 1.807) is 13.8 Å². The Balaban J connectivity index is 2.47. The average Bonchev–Trinajstić information content (AvgIpc) is 2.84. The summed E-state index contributed by atoms with van der Waals surface area (Å²) in [5.41, 5.74) is 0. The molecule has 0 aliphatic carbocycles. The van der Waals surface area contributed by atoms with Gasteiger partial charge in [-0.2, -0.15) is 0 Å². The lowest BCUT2D eigenvalue weighted by Gasteiger charge is -2.17. The topological polar surface area (TPSA) is 124 Å². The SMILES string of the molecule is CC(C)OC(=O)OC(C)ON=[N+]([O-])N1CCC[C@H]1C(=O)O. The van der Waals surface area contributed by atoms with Crippen molar-refractivity contribution in [1.29, 1.82) is 0 Å². The van der Waals surface area contributed by atoms with Gasteiger partial charge in [0.1, 0.15) is 0 Å². The summed E-state index contributed by atoms with van der Waals surface area (Å²) in [4.78, 5) is 26.8. The molecule has 1 aliphatic heterocycles. The van der Waals surface area contributed by atoms with Crippen molar-refractivity contribution in [2.24, 2.45) is 5.28 Å². The molecule has 1 saturated heterocycles. The lowest BCUT2D eigenvalue weighted by Crippen LogP contribution is -2.40. The van der Waals surface area contributed by atoms with Crippen LogP contribution in [0.1, 0.15) is 33.6 Å². The molecule has 1 unspecified atom stereocenters. The lowest BCUT2D eigenvalue weighted by molar-refractivity contribution is -0.714. The summed E-state index contributed by atoms with van der Waals surface area (Å²) in [6.45, 7) is 4.90. The van der Waals surface area contributed by atoms with Crippen molar-refractivity contribution in [2.75, 3.05) is 6.54 Å². The van der Waals surface area contributed by atoms with E-state index in [1.807, 2.05) is 0 Å². The fourth-order valence-corrected chi connectivity index (χ4v) is 1.74. The quantitative estimate of drug-likeness (QED) is 0.255. The van der Waals surface area contributed by atoms with E-state index in [4.69, 9.17) is 9.84 Å². The number of carbonyl (C=O) groups excluding carboxylic acids is 1. The van der Waals surface area contributed by atoms with E-state index in [9.17, 15) is 14.8 Å². The Kier molecular flexibility index (Phi) is 6.00. The van der Waals surface area contributed by atoms with Crippen molar-refractivity contribution < 1.29 is 34.0 Å². The molecule has 1 heterocycles. The van der Waals surface area contributed by atoms with E-state index in [1.165, 1.54) is 6.92 Å². The zero-order valence-corrected chi connectivity index (χ0v) is 12.1. The van der Waals surface area contributed by atoms with E-state index in [2.05, 4.69) is 14.9 Å². The minimum atomic E-state index is -1.14. The summed E-state index contributed by atoms with van der Waals surface area (Å²) < 4.78 is 9.38. The van der Waals surface area contributed by atoms with Crippen molar-refractivity contribution in [3.8, 4) is 0 Å². The standard InChI is InChI=1S/C11H19N3O7/c1-7(2)19-11(17)20-8(3)21-12-14(18)13-6-4-5-9(13)10(15)16/h7-9H,4-6H2,1-3H3,(H,15,16)/t8?,9-/m0/s1. The zero-order valence-electron chi connectivity index (χ0n) is 12.1. The molecule has 120 valence electrons. The second kappa shape index (κ2) is 7.50. The van der Waals surface area contributed by atoms with Gasteiger partial charge < -0.3 is 19.8 Å². The van der Waals surface area contributed by atoms with Crippen molar-refractivity contribution in [1.82, 2.24) is 5.01 Å². The molecule has 0 aromatic carbocycles. The number of hydrogen-bond acceptors (Lipinski definition) is 7. The summed E-state index contributed by atoms with van der Waals surface area (Å²) in [5.74, 6) is -1.10. The van der Waals surface area contributed by atoms with E-state index in [0.29, 0.717) is 12.8 Å². The summed E-state index contributed by atoms with van der Waals surface area (Å²) >= 11 is 0. The number of hydrazine groups is 1. The van der Waals surface area contributed by atoms with Crippen molar-refractivity contribution in [3.63, 3.8) is 0 Å². The van der Waals surface area contributed by atoms with Crippen LogP contribution >= 0.6 is 0 Å². The second-order valence-electron chi connectivity index (χ2n) is 4.70. The van der Waals surface area contributed by atoms with Crippen LogP contribution < -0.4 is 0 Å². The third-order valence-electron chi connectivity index (χ3n) is 2.59. The summed E-state index contributed by atoms with van der Waals surface area (Å²) in [6, 6.07) is -0.933. The van der Waals surface area contributed by atoms with Gasteiger partial charge in [0.15, 0.2) is 6.04 Å². The normalized spacial score (nSPS) is 20.3. The van der Waals surface area contributed by atoms with Gasteiger partial charge in [-0.15, -0.1) is 5.01 Å². The highest BCUT2D eigenvalue weighted by molar-refractivity contribution is 5.73. The van der Waals surface area contributed by atoms with E-state index in [0.717, 1.165) is 5.01 Å². The molecule has 1 fully saturated rings. The number of rotatable bonds is 6. The van der Waals surface area contributed by atoms with Gasteiger partial charge in [-0.25, -0.2) is 9.59 Å². The predicted octanol–water partition coefficient (Wildman–Crippen LogP) is 1.25. The highest BCUT2D eigenvalue weighted by Gasteiger charge is 2.37. The van der Waals surface area contributed by atoms with Crippen molar-refractivity contribution in [3.05, 3.63) is 5.21 Å². The first-order valence-corrected chi connectivity index (χ1v) is 6.52. The fraction of sp³-hybridized carbons (Fsp3) is 0.818. The van der Waals surface area contributed by atoms with E-state index in [-0.39, 0.29) is 17.6 Å². The van der Waals surface area contributed by atoms with Gasteiger partial charge in [-0.3, -0.25) is 4.84 Å². The summed E-state index contributed by atoms with van der Waals surface area (Å²) in [5, 5.41) is 24.8. The minimum Gasteiger partial charge on any atom is -0.569 e. The molecular weight excluding hydrogens is 286 g/mol. The Morgan fingerprint density at radius 1 is 1.38 bits per heavy atom. The first kappa shape index (κ1) is 16.8. The number of ether oxygens (including phenoxy) is 2. The molecule has 0 amide bonds. The Labute approximate surface area is 121 Å². The van der Waals surface area contributed by atoms with Crippen LogP contribution in [0.25, 0.3) is 0 Å². The van der Waals surface area contributed by atoms with Crippen molar-refractivity contribution >= 4 is 12.1 Å². The van der Waals surface area contributed by atoms with Crippen LogP contribution in [0.3, 0.4) is 0 Å². The van der Waals surface area contributed by atoms with E-state index >= 15 is 0 Å². The summed E-state index contributed by atoms with van der Waals surface area (Å²) in [7, 11) is 0. The summed E-state index contributed by atoms with van der Waals surface area (Å²) in [6.07, 6.45) is -1.51. The molecular formula is C11H19N3O7. The minimum absolute atomic E-state index is 0.0550. The number of hydrogen-bond donors (Lipinski definition) is 1. The fourth-order valence-electron chi connectivity index (χ4n) is 1.74. The number of carboxylic acids is 1. The monoisotopic (exact) mass is 305 g/mol. The van der Waals surface area contributed by atoms with Gasteiger partial charge in [-0.05, 0) is 26.7 Å². The maximum Gasteiger partial charge on any atom is 0.511 e. The molecule has 0 bridgehead atoms. The van der Waals surface area contributed by atoms with Crippen LogP contribution in [-0.4, -0.2) is 52.2 Å². The predicted molar refractivity (Wildman–Crippen MR) is 66.7 cm³/mol. The lowest BCUT2D eigenvalue weighted by atomic mass is 10.2. The highest BCUT2D eigenvalue weighted by Crippen LogP contribution is 2.17. The first-order chi connectivity index (χ1) is 9.81. The Morgan fingerprint density at radius 3 is 2.62 bits per heavy atom. The van der Waals surface area contributed by atoms with E-state index < -0.39 is 24.5 Å². The smallest absolute Gasteiger partial charge is 0.511 e. The second-order valence-corrected chi connectivity index (χ2v) is 4.70. The molecule has 10 heteroatoms. The van der Waals surface area contributed by atoms with Crippen LogP contribution in [0.4, 0.5) is 4.79 Å². The molecule has 10 nitrogen and oxygen atoms in total. The molecule has 1 rings (SSSR count). The number of nitrogens with zero attached hydrogens (tertiary/aromatic N) is 3. The van der Waals surface area contributed by atoms with Gasteiger partial charge in [-0.1, -0.05) is 0 Å². The van der Waals surface area contributed by atoms with Crippen LogP contribution in [0.2, 0.25) is 0 Å². The highest BCUT2D eigenvalue weighted by atomic mass is 16.8. The molecule has 0 spiro atoms. The zero-order chi connectivity index (χ0) is 16.0. The van der Waals surface area contributed by atoms with Crippen LogP contribution in [0, 0.1) is 5.21 Å². The Bertz CT molecular complexity index is 413. The third-order valence-corrected chi connectivity index (χ3v) is 2.59. The third kappa shape index (κ3) is 5.32. The first-order valence-electron chi connectivity index (χ1n) is 6.52. The van der Waals surface area contributed by atoms with Gasteiger partial charge in [0.2, 0.25) is 5.28 Å². The van der Waals surface area contributed by atoms with Gasteiger partial charge in [0, 0.05) is 6.92 Å². The Hall–Kier alpha value is -2.26. The van der Waals surface area contributed by atoms with Crippen LogP contribution in [-0.2, 0) is 19.1 Å². The maximum absolute atomic E-state index is 11.6. The molecule has 21 heavy (non-hydrogen) atoms. The Morgan fingerprint density at radius 2 is 2.05 bits per heavy atom. The average molecular weight is 305 g/mol. The number of aliphatic carboxylic acids is 1.